The Morgan fingerprint density at radius 1 is 1.20 bits per heavy atom. The fourth-order valence-corrected chi connectivity index (χ4v) is 2.95. The summed E-state index contributed by atoms with van der Waals surface area (Å²) >= 11 is 0. The monoisotopic (exact) mass is 344 g/mol. The Labute approximate surface area is 146 Å². The predicted octanol–water partition coefficient (Wildman–Crippen LogP) is 2.08. The molecule has 1 atom stereocenters. The van der Waals surface area contributed by atoms with Crippen LogP contribution < -0.4 is 9.64 Å². The molecule has 1 aliphatic heterocycles. The van der Waals surface area contributed by atoms with Gasteiger partial charge in [0.25, 0.3) is 0 Å². The first-order valence-corrected chi connectivity index (χ1v) is 8.24. The topological polar surface area (TPSA) is 58.6 Å². The molecule has 1 unspecified atom stereocenters. The zero-order valence-corrected chi connectivity index (χ0v) is 14.4. The summed E-state index contributed by atoms with van der Waals surface area (Å²) in [6, 6.07) is 6.41. The standard InChI is InChI=1S/C18H21FN4O2/c1-13(17-20-6-3-7-21-17)18(24)23-10-8-22(9-11-23)16-12-14(25-2)4-5-15(16)19/h3-7,12-13H,8-11H2,1-2H3. The average molecular weight is 344 g/mol. The first-order chi connectivity index (χ1) is 12.1. The normalized spacial score (nSPS) is 15.8. The van der Waals surface area contributed by atoms with Crippen molar-refractivity contribution in [2.75, 3.05) is 38.2 Å². The second kappa shape index (κ2) is 7.46. The van der Waals surface area contributed by atoms with Crippen molar-refractivity contribution in [1.29, 1.82) is 0 Å². The SMILES string of the molecule is COc1ccc(F)c(N2CCN(C(=O)C(C)c3ncccn3)CC2)c1. The fourth-order valence-electron chi connectivity index (χ4n) is 2.95. The number of piperazine rings is 1. The lowest BCUT2D eigenvalue weighted by atomic mass is 10.1. The van der Waals surface area contributed by atoms with E-state index in [2.05, 4.69) is 9.97 Å². The lowest BCUT2D eigenvalue weighted by Gasteiger charge is -2.37. The summed E-state index contributed by atoms with van der Waals surface area (Å²) in [5, 5.41) is 0. The van der Waals surface area contributed by atoms with E-state index in [0.29, 0.717) is 43.4 Å². The number of aromatic nitrogens is 2. The summed E-state index contributed by atoms with van der Waals surface area (Å²) in [4.78, 5) is 24.7. The number of carbonyl (C=O) groups is 1. The summed E-state index contributed by atoms with van der Waals surface area (Å²) in [6.07, 6.45) is 3.27. The zero-order chi connectivity index (χ0) is 17.8. The van der Waals surface area contributed by atoms with Crippen LogP contribution in [0.3, 0.4) is 0 Å². The highest BCUT2D eigenvalue weighted by Crippen LogP contribution is 2.26. The number of anilines is 1. The van der Waals surface area contributed by atoms with Gasteiger partial charge in [-0.1, -0.05) is 0 Å². The van der Waals surface area contributed by atoms with Crippen molar-refractivity contribution in [2.45, 2.75) is 12.8 Å². The highest BCUT2D eigenvalue weighted by Gasteiger charge is 2.28. The number of methoxy groups -OCH3 is 1. The van der Waals surface area contributed by atoms with Gasteiger partial charge in [-0.3, -0.25) is 4.79 Å². The van der Waals surface area contributed by atoms with E-state index < -0.39 is 0 Å². The summed E-state index contributed by atoms with van der Waals surface area (Å²) in [7, 11) is 1.56. The highest BCUT2D eigenvalue weighted by molar-refractivity contribution is 5.82. The highest BCUT2D eigenvalue weighted by atomic mass is 19.1. The molecule has 0 bridgehead atoms. The van der Waals surface area contributed by atoms with Crippen molar-refractivity contribution in [3.05, 3.63) is 48.3 Å². The van der Waals surface area contributed by atoms with Gasteiger partial charge in [-0.15, -0.1) is 0 Å². The Kier molecular flexibility index (Phi) is 5.11. The second-order valence-electron chi connectivity index (χ2n) is 5.96. The van der Waals surface area contributed by atoms with Crippen LogP contribution in [0.4, 0.5) is 10.1 Å². The van der Waals surface area contributed by atoms with Crippen molar-refractivity contribution in [3.63, 3.8) is 0 Å². The van der Waals surface area contributed by atoms with Gasteiger partial charge in [-0.05, 0) is 25.1 Å². The van der Waals surface area contributed by atoms with Crippen LogP contribution in [0.1, 0.15) is 18.7 Å². The van der Waals surface area contributed by atoms with Crippen LogP contribution in [-0.2, 0) is 4.79 Å². The van der Waals surface area contributed by atoms with E-state index in [1.54, 1.807) is 42.6 Å². The largest absolute Gasteiger partial charge is 0.497 e. The molecule has 7 heteroatoms. The molecule has 25 heavy (non-hydrogen) atoms. The Bertz CT molecular complexity index is 733. The minimum Gasteiger partial charge on any atom is -0.497 e. The van der Waals surface area contributed by atoms with Gasteiger partial charge in [-0.25, -0.2) is 14.4 Å². The first kappa shape index (κ1) is 17.1. The molecular weight excluding hydrogens is 323 g/mol. The maximum atomic E-state index is 14.1. The molecule has 1 aliphatic rings. The number of benzene rings is 1. The number of carbonyl (C=O) groups excluding carboxylic acids is 1. The molecule has 0 saturated carbocycles. The molecule has 1 fully saturated rings. The molecular formula is C18H21FN4O2. The lowest BCUT2D eigenvalue weighted by molar-refractivity contribution is -0.132. The van der Waals surface area contributed by atoms with Crippen LogP contribution in [0.15, 0.2) is 36.7 Å². The molecule has 3 rings (SSSR count). The Hall–Kier alpha value is -2.70. The van der Waals surface area contributed by atoms with Crippen LogP contribution in [0, 0.1) is 5.82 Å². The molecule has 0 N–H and O–H groups in total. The van der Waals surface area contributed by atoms with Gasteiger partial charge < -0.3 is 14.5 Å². The molecule has 6 nitrogen and oxygen atoms in total. The van der Waals surface area contributed by atoms with Crippen LogP contribution in [-0.4, -0.2) is 54.1 Å². The Morgan fingerprint density at radius 2 is 1.88 bits per heavy atom. The van der Waals surface area contributed by atoms with E-state index in [1.807, 2.05) is 11.8 Å². The van der Waals surface area contributed by atoms with Crippen LogP contribution >= 0.6 is 0 Å². The number of halogens is 1. The summed E-state index contributed by atoms with van der Waals surface area (Å²) in [5.41, 5.74) is 0.505. The zero-order valence-electron chi connectivity index (χ0n) is 14.4. The Morgan fingerprint density at radius 3 is 2.52 bits per heavy atom. The van der Waals surface area contributed by atoms with E-state index in [9.17, 15) is 9.18 Å². The van der Waals surface area contributed by atoms with Gasteiger partial charge in [0.15, 0.2) is 0 Å². The number of rotatable bonds is 4. The molecule has 1 saturated heterocycles. The van der Waals surface area contributed by atoms with E-state index in [-0.39, 0.29) is 17.6 Å². The summed E-state index contributed by atoms with van der Waals surface area (Å²) in [6.45, 7) is 4.02. The molecule has 1 amide bonds. The average Bonchev–Trinajstić information content (AvgIpc) is 2.68. The minimum absolute atomic E-state index is 0.00281. The van der Waals surface area contributed by atoms with Gasteiger partial charge in [-0.2, -0.15) is 0 Å². The van der Waals surface area contributed by atoms with Gasteiger partial charge in [0.05, 0.1) is 18.7 Å². The number of amides is 1. The van der Waals surface area contributed by atoms with Crippen LogP contribution in [0.2, 0.25) is 0 Å². The van der Waals surface area contributed by atoms with Gasteiger partial charge in [0.2, 0.25) is 5.91 Å². The van der Waals surface area contributed by atoms with Gasteiger partial charge in [0, 0.05) is 44.6 Å². The van der Waals surface area contributed by atoms with Crippen molar-refractivity contribution < 1.29 is 13.9 Å². The van der Waals surface area contributed by atoms with E-state index in [4.69, 9.17) is 4.74 Å². The third-order valence-corrected chi connectivity index (χ3v) is 4.43. The predicted molar refractivity (Wildman–Crippen MR) is 92.2 cm³/mol. The molecule has 1 aromatic carbocycles. The van der Waals surface area contributed by atoms with Crippen molar-refractivity contribution in [1.82, 2.24) is 14.9 Å². The molecule has 0 radical (unpaired) electrons. The molecule has 2 aromatic rings. The molecule has 0 spiro atoms. The maximum Gasteiger partial charge on any atom is 0.233 e. The lowest BCUT2D eigenvalue weighted by Crippen LogP contribution is -2.50. The van der Waals surface area contributed by atoms with Crippen LogP contribution in [0.5, 0.6) is 5.75 Å². The third-order valence-electron chi connectivity index (χ3n) is 4.43. The quantitative estimate of drug-likeness (QED) is 0.850. The van der Waals surface area contributed by atoms with Crippen molar-refractivity contribution >= 4 is 11.6 Å². The van der Waals surface area contributed by atoms with Crippen molar-refractivity contribution in [2.24, 2.45) is 0 Å². The maximum absolute atomic E-state index is 14.1. The van der Waals surface area contributed by atoms with Crippen molar-refractivity contribution in [3.8, 4) is 5.75 Å². The Balaban J connectivity index is 1.65. The smallest absolute Gasteiger partial charge is 0.233 e. The first-order valence-electron chi connectivity index (χ1n) is 8.24. The molecule has 132 valence electrons. The molecule has 1 aromatic heterocycles. The van der Waals surface area contributed by atoms with Gasteiger partial charge >= 0.3 is 0 Å². The molecule has 2 heterocycles. The minimum atomic E-state index is -0.388. The number of hydrogen-bond acceptors (Lipinski definition) is 5. The molecule has 0 aliphatic carbocycles. The van der Waals surface area contributed by atoms with Crippen LogP contribution in [0.25, 0.3) is 0 Å². The van der Waals surface area contributed by atoms with E-state index in [0.717, 1.165) is 0 Å². The number of hydrogen-bond donors (Lipinski definition) is 0. The number of ether oxygens (including phenoxy) is 1. The van der Waals surface area contributed by atoms with Gasteiger partial charge in [0.1, 0.15) is 17.4 Å². The third kappa shape index (κ3) is 3.70. The number of nitrogens with zero attached hydrogens (tertiary/aromatic N) is 4. The fraction of sp³-hybridized carbons (Fsp3) is 0.389. The van der Waals surface area contributed by atoms with E-state index >= 15 is 0 Å². The summed E-state index contributed by atoms with van der Waals surface area (Å²) in [5.74, 6) is 0.462. The summed E-state index contributed by atoms with van der Waals surface area (Å²) < 4.78 is 19.3. The second-order valence-corrected chi connectivity index (χ2v) is 5.96. The van der Waals surface area contributed by atoms with E-state index in [1.165, 1.54) is 6.07 Å².